The van der Waals surface area contributed by atoms with Crippen molar-refractivity contribution in [1.82, 2.24) is 30.6 Å². The molecule has 1 unspecified atom stereocenters. The molecule has 0 bridgehead atoms. The molecule has 0 spiro atoms. The molecule has 0 aliphatic carbocycles. The number of hydrogen-bond donors (Lipinski definition) is 2. The summed E-state index contributed by atoms with van der Waals surface area (Å²) in [4.78, 5) is 20.4. The predicted molar refractivity (Wildman–Crippen MR) is 169 cm³/mol. The average molecular weight is 573 g/mol. The van der Waals surface area contributed by atoms with Crippen molar-refractivity contribution in [2.45, 2.75) is 10.8 Å². The summed E-state index contributed by atoms with van der Waals surface area (Å²) in [6.45, 7) is 0. The van der Waals surface area contributed by atoms with Crippen LogP contribution in [-0.2, 0) is 10.8 Å². The molecule has 212 valence electrons. The number of benzene rings is 5. The number of aldehydes is 1. The second-order valence-electron chi connectivity index (χ2n) is 10.6. The number of carbonyl (C=O) groups excluding carboxylic acids is 1. The van der Waals surface area contributed by atoms with Crippen LogP contribution in [-0.4, -0.2) is 36.9 Å². The van der Waals surface area contributed by atoms with Gasteiger partial charge in [-0.3, -0.25) is 4.79 Å². The second kappa shape index (κ2) is 11.4. The van der Waals surface area contributed by atoms with Crippen LogP contribution in [0.15, 0.2) is 152 Å². The van der Waals surface area contributed by atoms with Gasteiger partial charge in [-0.2, -0.15) is 0 Å². The van der Waals surface area contributed by atoms with Crippen LogP contribution in [0.4, 0.5) is 0 Å². The minimum Gasteiger partial charge on any atom is -0.339 e. The number of hydrogen-bond acceptors (Lipinski definition) is 5. The fourth-order valence-electron chi connectivity index (χ4n) is 6.62. The minimum atomic E-state index is -1.23. The molecule has 0 saturated carbocycles. The van der Waals surface area contributed by atoms with Crippen molar-refractivity contribution < 1.29 is 4.79 Å². The Balaban J connectivity index is 1.69. The van der Waals surface area contributed by atoms with Crippen molar-refractivity contribution in [3.05, 3.63) is 191 Å². The number of aromatic amines is 2. The molecule has 0 aliphatic heterocycles. The zero-order valence-electron chi connectivity index (χ0n) is 23.7. The largest absolute Gasteiger partial charge is 0.339 e. The van der Waals surface area contributed by atoms with E-state index in [1.54, 1.807) is 6.20 Å². The molecule has 1 atom stereocenters. The molecule has 7 heteroatoms. The predicted octanol–water partition coefficient (Wildman–Crippen LogP) is 6.77. The van der Waals surface area contributed by atoms with Gasteiger partial charge < -0.3 is 4.98 Å². The van der Waals surface area contributed by atoms with E-state index < -0.39 is 10.8 Å². The smallest absolute Gasteiger partial charge is 0.168 e. The van der Waals surface area contributed by atoms with Gasteiger partial charge in [0.1, 0.15) is 11.2 Å². The molecule has 2 aromatic heterocycles. The lowest BCUT2D eigenvalue weighted by molar-refractivity contribution is 0.111. The van der Waals surface area contributed by atoms with Crippen LogP contribution < -0.4 is 0 Å². The van der Waals surface area contributed by atoms with Crippen LogP contribution in [0.5, 0.6) is 0 Å². The van der Waals surface area contributed by atoms with Crippen LogP contribution in [0.25, 0.3) is 11.1 Å². The minimum absolute atomic E-state index is 0.348. The maximum atomic E-state index is 12.1. The van der Waals surface area contributed by atoms with Gasteiger partial charge in [-0.1, -0.05) is 146 Å². The normalized spacial score (nSPS) is 12.8. The lowest BCUT2D eigenvalue weighted by atomic mass is 9.50. The molecule has 2 N–H and O–H groups in total. The van der Waals surface area contributed by atoms with Gasteiger partial charge in [-0.15, -0.1) is 5.10 Å². The lowest BCUT2D eigenvalue weighted by Gasteiger charge is -2.50. The van der Waals surface area contributed by atoms with Gasteiger partial charge in [-0.05, 0) is 43.8 Å². The van der Waals surface area contributed by atoms with E-state index in [1.165, 1.54) is 0 Å². The summed E-state index contributed by atoms with van der Waals surface area (Å²) in [7, 11) is 0. The maximum absolute atomic E-state index is 12.1. The molecular weight excluding hydrogens is 544 g/mol. The number of nitrogens with one attached hydrogen (secondary N) is 2. The van der Waals surface area contributed by atoms with Gasteiger partial charge in [0.15, 0.2) is 12.1 Å². The van der Waals surface area contributed by atoms with Crippen molar-refractivity contribution in [2.24, 2.45) is 0 Å². The van der Waals surface area contributed by atoms with Gasteiger partial charge >= 0.3 is 0 Å². The van der Waals surface area contributed by atoms with E-state index in [-0.39, 0.29) is 0 Å². The number of carbonyl (C=O) groups is 1. The Kier molecular flexibility index (Phi) is 6.96. The third-order valence-corrected chi connectivity index (χ3v) is 8.39. The highest BCUT2D eigenvalue weighted by Gasteiger charge is 2.61. The summed E-state index contributed by atoms with van der Waals surface area (Å²) < 4.78 is 0. The topological polar surface area (TPSA) is 100 Å². The monoisotopic (exact) mass is 572 g/mol. The van der Waals surface area contributed by atoms with E-state index in [1.807, 2.05) is 72.8 Å². The number of H-pyrrole nitrogens is 2. The fourth-order valence-corrected chi connectivity index (χ4v) is 6.62. The molecule has 0 amide bonds. The SMILES string of the molecule is O=Cc1cnc(C(c2ccc(-c3ccccc3)cc2)(c2nnn[nH]2)C(c2ccccc2)(c2ccccc2)c2ccccc2)[nH]1. The highest BCUT2D eigenvalue weighted by Crippen LogP contribution is 2.58. The fraction of sp³-hybridized carbons (Fsp3) is 0.0541. The first kappa shape index (κ1) is 26.9. The third kappa shape index (κ3) is 4.17. The molecule has 0 fully saturated rings. The van der Waals surface area contributed by atoms with Crippen LogP contribution >= 0.6 is 0 Å². The molecule has 0 aliphatic rings. The van der Waals surface area contributed by atoms with Crippen LogP contribution in [0, 0.1) is 0 Å². The zero-order valence-corrected chi connectivity index (χ0v) is 23.7. The summed E-state index contributed by atoms with van der Waals surface area (Å²) in [6, 6.07) is 49.7. The summed E-state index contributed by atoms with van der Waals surface area (Å²) in [5.74, 6) is 0.982. The summed E-state index contributed by atoms with van der Waals surface area (Å²) >= 11 is 0. The first-order valence-corrected chi connectivity index (χ1v) is 14.4. The van der Waals surface area contributed by atoms with Crippen molar-refractivity contribution in [2.75, 3.05) is 0 Å². The quantitative estimate of drug-likeness (QED) is 0.147. The number of rotatable bonds is 9. The summed E-state index contributed by atoms with van der Waals surface area (Å²) in [5, 5.41) is 16.0. The van der Waals surface area contributed by atoms with E-state index in [9.17, 15) is 4.79 Å². The molecule has 2 heterocycles. The van der Waals surface area contributed by atoms with E-state index in [0.717, 1.165) is 39.7 Å². The highest BCUT2D eigenvalue weighted by molar-refractivity contribution is 5.73. The summed E-state index contributed by atoms with van der Waals surface area (Å²) in [5.41, 5.74) is 4.14. The third-order valence-electron chi connectivity index (χ3n) is 8.39. The molecule has 7 rings (SSSR count). The van der Waals surface area contributed by atoms with E-state index in [0.29, 0.717) is 17.3 Å². The Hall–Kier alpha value is -5.95. The van der Waals surface area contributed by atoms with Crippen molar-refractivity contribution in [3.63, 3.8) is 0 Å². The Morgan fingerprint density at radius 2 is 1.00 bits per heavy atom. The van der Waals surface area contributed by atoms with Crippen LogP contribution in [0.1, 0.15) is 44.4 Å². The summed E-state index contributed by atoms with van der Waals surface area (Å²) in [6.07, 6.45) is 2.33. The lowest BCUT2D eigenvalue weighted by Crippen LogP contribution is -2.54. The number of tetrazole rings is 1. The molecular formula is C37H28N6O. The van der Waals surface area contributed by atoms with Crippen molar-refractivity contribution in [3.8, 4) is 11.1 Å². The average Bonchev–Trinajstić information content (AvgIpc) is 3.83. The first-order chi connectivity index (χ1) is 21.8. The number of nitrogens with zero attached hydrogens (tertiary/aromatic N) is 4. The van der Waals surface area contributed by atoms with Gasteiger partial charge in [0.2, 0.25) is 0 Å². The Bertz CT molecular complexity index is 1860. The van der Waals surface area contributed by atoms with Gasteiger partial charge in [0.05, 0.1) is 17.3 Å². The standard InChI is InChI=1S/C37H28N6O/c44-26-33-25-38-34(39-33)37(35-40-42-43-41-35,32-23-21-28(22-24-32)27-13-5-1-6-14-27)36(29-15-7-2-8-16-29,30-17-9-3-10-18-30)31-19-11-4-12-20-31/h1-26H,(H,38,39)(H,40,41,42,43). The zero-order chi connectivity index (χ0) is 29.8. The van der Waals surface area contributed by atoms with Crippen molar-refractivity contribution in [1.29, 1.82) is 0 Å². The molecule has 0 radical (unpaired) electrons. The van der Waals surface area contributed by atoms with E-state index >= 15 is 0 Å². The van der Waals surface area contributed by atoms with E-state index in [2.05, 4.69) is 98.4 Å². The Morgan fingerprint density at radius 3 is 1.45 bits per heavy atom. The molecule has 0 saturated heterocycles. The van der Waals surface area contributed by atoms with Crippen LogP contribution in [0.3, 0.4) is 0 Å². The molecule has 7 nitrogen and oxygen atoms in total. The maximum Gasteiger partial charge on any atom is 0.168 e. The van der Waals surface area contributed by atoms with Crippen LogP contribution in [0.2, 0.25) is 0 Å². The molecule has 5 aromatic carbocycles. The Labute approximate surface area is 254 Å². The van der Waals surface area contributed by atoms with Gasteiger partial charge in [0.25, 0.3) is 0 Å². The number of aromatic nitrogens is 6. The molecule has 44 heavy (non-hydrogen) atoms. The van der Waals surface area contributed by atoms with Gasteiger partial charge in [0, 0.05) is 0 Å². The van der Waals surface area contributed by atoms with Gasteiger partial charge in [-0.25, -0.2) is 10.1 Å². The number of imidazole rings is 1. The Morgan fingerprint density at radius 1 is 0.523 bits per heavy atom. The molecule has 7 aromatic rings. The second-order valence-corrected chi connectivity index (χ2v) is 10.6. The highest BCUT2D eigenvalue weighted by atomic mass is 16.1. The first-order valence-electron chi connectivity index (χ1n) is 14.4. The van der Waals surface area contributed by atoms with E-state index in [4.69, 9.17) is 4.98 Å². The van der Waals surface area contributed by atoms with Crippen molar-refractivity contribution >= 4 is 6.29 Å².